The molecule has 4 heteroatoms. The van der Waals surface area contributed by atoms with Crippen LogP contribution in [0, 0.1) is 0 Å². The van der Waals surface area contributed by atoms with Gasteiger partial charge in [0.15, 0.2) is 0 Å². The molecular weight excluding hydrogens is 246 g/mol. The molecular formula is C14H7NO2S. The molecule has 18 heavy (non-hydrogen) atoms. The van der Waals surface area contributed by atoms with Crippen LogP contribution in [0.2, 0.25) is 0 Å². The minimum atomic E-state index is -0.173. The Morgan fingerprint density at radius 2 is 1.89 bits per heavy atom. The van der Waals surface area contributed by atoms with Crippen LogP contribution in [0.1, 0.15) is 15.9 Å². The van der Waals surface area contributed by atoms with Crippen molar-refractivity contribution >= 4 is 28.0 Å². The number of ketones is 1. The summed E-state index contributed by atoms with van der Waals surface area (Å²) in [6, 6.07) is 9.05. The van der Waals surface area contributed by atoms with Crippen molar-refractivity contribution in [1.82, 2.24) is 4.98 Å². The zero-order valence-electron chi connectivity index (χ0n) is 9.19. The highest BCUT2D eigenvalue weighted by atomic mass is 32.1. The largest absolute Gasteiger partial charge is 0.353 e. The number of rotatable bonds is 0. The SMILES string of the molecule is O=C1c2ccsc2-c2[nH]c3ccccc3c(=O)c21. The number of hydrogen-bond donors (Lipinski definition) is 1. The molecule has 0 amide bonds. The van der Waals surface area contributed by atoms with Crippen LogP contribution in [0.25, 0.3) is 21.5 Å². The summed E-state index contributed by atoms with van der Waals surface area (Å²) in [5, 5.41) is 2.44. The Hall–Kier alpha value is -2.20. The van der Waals surface area contributed by atoms with Crippen LogP contribution in [0.15, 0.2) is 40.5 Å². The zero-order valence-corrected chi connectivity index (χ0v) is 10.0. The van der Waals surface area contributed by atoms with Crippen molar-refractivity contribution in [3.8, 4) is 10.6 Å². The Morgan fingerprint density at radius 1 is 1.06 bits per heavy atom. The van der Waals surface area contributed by atoms with Gasteiger partial charge in [-0.05, 0) is 23.6 Å². The molecule has 0 fully saturated rings. The van der Waals surface area contributed by atoms with E-state index in [2.05, 4.69) is 4.98 Å². The molecule has 1 N–H and O–H groups in total. The Labute approximate surface area is 106 Å². The maximum atomic E-state index is 12.4. The maximum absolute atomic E-state index is 12.4. The van der Waals surface area contributed by atoms with Gasteiger partial charge in [-0.25, -0.2) is 0 Å². The van der Waals surface area contributed by atoms with Crippen LogP contribution in [0.5, 0.6) is 0 Å². The molecule has 2 heterocycles. The number of carbonyl (C=O) groups excluding carboxylic acids is 1. The lowest BCUT2D eigenvalue weighted by molar-refractivity contribution is 0.104. The van der Waals surface area contributed by atoms with Crippen LogP contribution in [-0.2, 0) is 0 Å². The van der Waals surface area contributed by atoms with Crippen molar-refractivity contribution in [3.63, 3.8) is 0 Å². The third-order valence-electron chi connectivity index (χ3n) is 3.27. The normalized spacial score (nSPS) is 12.8. The number of pyridine rings is 1. The smallest absolute Gasteiger partial charge is 0.201 e. The van der Waals surface area contributed by atoms with Crippen molar-refractivity contribution in [3.05, 3.63) is 57.1 Å². The molecule has 0 unspecified atom stereocenters. The summed E-state index contributed by atoms with van der Waals surface area (Å²) in [5.74, 6) is -0.159. The zero-order chi connectivity index (χ0) is 12.3. The minimum absolute atomic E-state index is 0.159. The van der Waals surface area contributed by atoms with Crippen LogP contribution < -0.4 is 5.43 Å². The van der Waals surface area contributed by atoms with Gasteiger partial charge < -0.3 is 4.98 Å². The predicted molar refractivity (Wildman–Crippen MR) is 71.3 cm³/mol. The summed E-state index contributed by atoms with van der Waals surface area (Å²) < 4.78 is 0. The van der Waals surface area contributed by atoms with E-state index >= 15 is 0 Å². The average Bonchev–Trinajstić information content (AvgIpc) is 2.95. The first kappa shape index (κ1) is 9.79. The van der Waals surface area contributed by atoms with Gasteiger partial charge in [0.25, 0.3) is 0 Å². The molecule has 0 spiro atoms. The first-order valence-electron chi connectivity index (χ1n) is 5.55. The monoisotopic (exact) mass is 253 g/mol. The fraction of sp³-hybridized carbons (Fsp3) is 0. The first-order chi connectivity index (χ1) is 8.77. The number of H-pyrrole nitrogens is 1. The highest BCUT2D eigenvalue weighted by Crippen LogP contribution is 2.38. The van der Waals surface area contributed by atoms with Crippen LogP contribution in [0.3, 0.4) is 0 Å². The molecule has 0 saturated heterocycles. The first-order valence-corrected chi connectivity index (χ1v) is 6.43. The predicted octanol–water partition coefficient (Wildman–Crippen LogP) is 2.80. The summed E-state index contributed by atoms with van der Waals surface area (Å²) in [4.78, 5) is 28.6. The van der Waals surface area contributed by atoms with Crippen LogP contribution >= 0.6 is 11.3 Å². The molecule has 1 aromatic carbocycles. The van der Waals surface area contributed by atoms with Gasteiger partial charge in [0, 0.05) is 16.5 Å². The third-order valence-corrected chi connectivity index (χ3v) is 4.20. The fourth-order valence-electron chi connectivity index (χ4n) is 2.44. The van der Waals surface area contributed by atoms with Gasteiger partial charge in [-0.3, -0.25) is 9.59 Å². The molecule has 0 aliphatic heterocycles. The van der Waals surface area contributed by atoms with E-state index in [1.165, 1.54) is 11.3 Å². The number of para-hydroxylation sites is 1. The Morgan fingerprint density at radius 3 is 2.78 bits per heavy atom. The molecule has 3 aromatic rings. The van der Waals surface area contributed by atoms with Gasteiger partial charge in [-0.2, -0.15) is 0 Å². The Kier molecular flexibility index (Phi) is 1.73. The van der Waals surface area contributed by atoms with E-state index in [-0.39, 0.29) is 16.8 Å². The standard InChI is InChI=1S/C14H7NO2S/c16-12-7-3-1-2-4-9(7)15-11-10(12)13(17)8-5-6-18-14(8)11/h1-6H,(H,15,16). The summed E-state index contributed by atoms with van der Waals surface area (Å²) in [6.45, 7) is 0. The molecule has 1 aliphatic carbocycles. The van der Waals surface area contributed by atoms with Gasteiger partial charge in [0.1, 0.15) is 0 Å². The minimum Gasteiger partial charge on any atom is -0.353 e. The number of aromatic nitrogens is 1. The van der Waals surface area contributed by atoms with E-state index in [0.29, 0.717) is 16.6 Å². The van der Waals surface area contributed by atoms with Crippen molar-refractivity contribution in [2.24, 2.45) is 0 Å². The van der Waals surface area contributed by atoms with E-state index in [9.17, 15) is 9.59 Å². The summed E-state index contributed by atoms with van der Waals surface area (Å²) in [7, 11) is 0. The van der Waals surface area contributed by atoms with Crippen molar-refractivity contribution < 1.29 is 4.79 Å². The van der Waals surface area contributed by atoms with Crippen LogP contribution in [0.4, 0.5) is 0 Å². The lowest BCUT2D eigenvalue weighted by Gasteiger charge is -2.02. The van der Waals surface area contributed by atoms with Crippen molar-refractivity contribution in [1.29, 1.82) is 0 Å². The lowest BCUT2D eigenvalue weighted by Crippen LogP contribution is -2.14. The number of benzene rings is 1. The second kappa shape index (κ2) is 3.17. The molecule has 2 aromatic heterocycles. The number of fused-ring (bicyclic) bond motifs is 4. The molecule has 0 saturated carbocycles. The van der Waals surface area contributed by atoms with E-state index in [0.717, 1.165) is 10.4 Å². The van der Waals surface area contributed by atoms with Crippen LogP contribution in [-0.4, -0.2) is 10.8 Å². The number of thiophene rings is 1. The molecule has 0 atom stereocenters. The molecule has 3 nitrogen and oxygen atoms in total. The topological polar surface area (TPSA) is 49.9 Å². The fourth-order valence-corrected chi connectivity index (χ4v) is 3.34. The van der Waals surface area contributed by atoms with E-state index < -0.39 is 0 Å². The number of carbonyl (C=O) groups is 1. The quantitative estimate of drug-likeness (QED) is 0.524. The number of hydrogen-bond acceptors (Lipinski definition) is 3. The number of nitrogens with one attached hydrogen (secondary N) is 1. The lowest BCUT2D eigenvalue weighted by atomic mass is 10.1. The van der Waals surface area contributed by atoms with Gasteiger partial charge in [-0.15, -0.1) is 11.3 Å². The van der Waals surface area contributed by atoms with Gasteiger partial charge >= 0.3 is 0 Å². The molecule has 1 aliphatic rings. The Bertz CT molecular complexity index is 873. The summed E-state index contributed by atoms with van der Waals surface area (Å²) in [6.07, 6.45) is 0. The van der Waals surface area contributed by atoms with Gasteiger partial charge in [0.2, 0.25) is 11.2 Å². The van der Waals surface area contributed by atoms with Gasteiger partial charge in [-0.1, -0.05) is 12.1 Å². The van der Waals surface area contributed by atoms with Crippen molar-refractivity contribution in [2.45, 2.75) is 0 Å². The number of aromatic amines is 1. The second-order valence-electron chi connectivity index (χ2n) is 4.24. The molecule has 0 radical (unpaired) electrons. The highest BCUT2D eigenvalue weighted by molar-refractivity contribution is 7.14. The summed E-state index contributed by atoms with van der Waals surface area (Å²) in [5.41, 5.74) is 2.20. The highest BCUT2D eigenvalue weighted by Gasteiger charge is 2.31. The van der Waals surface area contributed by atoms with Gasteiger partial charge in [0.05, 0.1) is 16.1 Å². The van der Waals surface area contributed by atoms with E-state index in [1.54, 1.807) is 18.2 Å². The Balaban J connectivity index is 2.25. The maximum Gasteiger partial charge on any atom is 0.201 e. The van der Waals surface area contributed by atoms with E-state index in [1.807, 2.05) is 17.5 Å². The third kappa shape index (κ3) is 1.03. The summed E-state index contributed by atoms with van der Waals surface area (Å²) >= 11 is 1.48. The molecule has 0 bridgehead atoms. The molecule has 86 valence electrons. The van der Waals surface area contributed by atoms with E-state index in [4.69, 9.17) is 0 Å². The second-order valence-corrected chi connectivity index (χ2v) is 5.16. The average molecular weight is 253 g/mol. The molecule has 4 rings (SSSR count). The van der Waals surface area contributed by atoms with Crippen molar-refractivity contribution in [2.75, 3.05) is 0 Å².